The van der Waals surface area contributed by atoms with Gasteiger partial charge in [0.2, 0.25) is 0 Å². The molecule has 1 rings (SSSR count). The number of Topliss-reactive ketones (excluding diaryl/α,β-unsaturated/α-hetero) is 1. The molecule has 0 atom stereocenters. The average Bonchev–Trinajstić information content (AvgIpc) is 2.08. The van der Waals surface area contributed by atoms with Crippen LogP contribution in [0.15, 0.2) is 0 Å². The van der Waals surface area contributed by atoms with Gasteiger partial charge in [-0.15, -0.1) is 0 Å². The first kappa shape index (κ1) is 11.7. The molecule has 1 aliphatic heterocycles. The predicted molar refractivity (Wildman–Crippen MR) is 59.3 cm³/mol. The molecule has 0 aromatic carbocycles. The molecule has 82 valence electrons. The van der Waals surface area contributed by atoms with Gasteiger partial charge in [-0.3, -0.25) is 4.79 Å². The molecule has 2 heteroatoms. The van der Waals surface area contributed by atoms with Gasteiger partial charge in [-0.1, -0.05) is 20.8 Å². The summed E-state index contributed by atoms with van der Waals surface area (Å²) in [4.78, 5) is 13.8. The largest absolute Gasteiger partial charge is 0.302 e. The van der Waals surface area contributed by atoms with E-state index in [1.807, 2.05) is 13.8 Å². The van der Waals surface area contributed by atoms with Crippen LogP contribution in [0.5, 0.6) is 0 Å². The molecule has 0 radical (unpaired) electrons. The number of hydrogen-bond acceptors (Lipinski definition) is 2. The number of hydrogen-bond donors (Lipinski definition) is 0. The number of piperidine rings is 1. The lowest BCUT2D eigenvalue weighted by Gasteiger charge is -2.35. The van der Waals surface area contributed by atoms with E-state index in [1.54, 1.807) is 6.92 Å². The Morgan fingerprint density at radius 3 is 2.29 bits per heavy atom. The molecule has 0 saturated carbocycles. The molecule has 2 nitrogen and oxygen atoms in total. The van der Waals surface area contributed by atoms with Crippen LogP contribution in [-0.2, 0) is 4.79 Å². The molecule has 0 N–H and O–H groups in total. The van der Waals surface area contributed by atoms with Crippen molar-refractivity contribution in [3.05, 3.63) is 0 Å². The van der Waals surface area contributed by atoms with Crippen LogP contribution in [-0.4, -0.2) is 30.3 Å². The molecule has 0 amide bonds. The standard InChI is InChI=1S/C12H23NO/c1-10-5-7-13(8-6-10)9-12(3,4)11(2)14/h10H,5-9H2,1-4H3. The van der Waals surface area contributed by atoms with Crippen molar-refractivity contribution in [3.8, 4) is 0 Å². The Morgan fingerprint density at radius 1 is 1.36 bits per heavy atom. The van der Waals surface area contributed by atoms with Crippen molar-refractivity contribution >= 4 is 5.78 Å². The monoisotopic (exact) mass is 197 g/mol. The highest BCUT2D eigenvalue weighted by Crippen LogP contribution is 2.22. The zero-order valence-electron chi connectivity index (χ0n) is 9.97. The fourth-order valence-corrected chi connectivity index (χ4v) is 1.89. The molecule has 14 heavy (non-hydrogen) atoms. The molecular formula is C12H23NO. The van der Waals surface area contributed by atoms with Crippen LogP contribution < -0.4 is 0 Å². The molecule has 0 bridgehead atoms. The number of carbonyl (C=O) groups is 1. The van der Waals surface area contributed by atoms with Crippen LogP contribution in [0.4, 0.5) is 0 Å². The topological polar surface area (TPSA) is 20.3 Å². The third-order valence-corrected chi connectivity index (χ3v) is 3.45. The molecule has 1 aliphatic rings. The average molecular weight is 197 g/mol. The summed E-state index contributed by atoms with van der Waals surface area (Å²) in [6.07, 6.45) is 2.57. The third-order valence-electron chi connectivity index (χ3n) is 3.45. The van der Waals surface area contributed by atoms with Crippen molar-refractivity contribution in [2.45, 2.75) is 40.5 Å². The first-order valence-electron chi connectivity index (χ1n) is 5.65. The second-order valence-corrected chi connectivity index (χ2v) is 5.40. The van der Waals surface area contributed by atoms with Gasteiger partial charge in [0.25, 0.3) is 0 Å². The summed E-state index contributed by atoms with van der Waals surface area (Å²) in [7, 11) is 0. The molecule has 0 spiro atoms. The summed E-state index contributed by atoms with van der Waals surface area (Å²) < 4.78 is 0. The van der Waals surface area contributed by atoms with E-state index in [0.717, 1.165) is 25.6 Å². The Balaban J connectivity index is 2.41. The van der Waals surface area contributed by atoms with Gasteiger partial charge < -0.3 is 4.90 Å². The quantitative estimate of drug-likeness (QED) is 0.692. The Labute approximate surface area is 87.7 Å². The molecule has 1 fully saturated rings. The predicted octanol–water partition coefficient (Wildman–Crippen LogP) is 2.33. The highest BCUT2D eigenvalue weighted by atomic mass is 16.1. The second-order valence-electron chi connectivity index (χ2n) is 5.40. The third kappa shape index (κ3) is 3.09. The van der Waals surface area contributed by atoms with E-state index in [1.165, 1.54) is 12.8 Å². The first-order valence-corrected chi connectivity index (χ1v) is 5.65. The van der Waals surface area contributed by atoms with Crippen LogP contribution in [0, 0.1) is 11.3 Å². The summed E-state index contributed by atoms with van der Waals surface area (Å²) in [5.41, 5.74) is -0.166. The molecule has 1 saturated heterocycles. The van der Waals surface area contributed by atoms with Crippen LogP contribution >= 0.6 is 0 Å². The summed E-state index contributed by atoms with van der Waals surface area (Å²) >= 11 is 0. The Hall–Kier alpha value is -0.370. The first-order chi connectivity index (χ1) is 6.42. The van der Waals surface area contributed by atoms with Crippen LogP contribution in [0.25, 0.3) is 0 Å². The fraction of sp³-hybridized carbons (Fsp3) is 0.917. The summed E-state index contributed by atoms with van der Waals surface area (Å²) in [5, 5.41) is 0. The smallest absolute Gasteiger partial charge is 0.136 e. The summed E-state index contributed by atoms with van der Waals surface area (Å²) in [6, 6.07) is 0. The van der Waals surface area contributed by atoms with Gasteiger partial charge in [0.1, 0.15) is 5.78 Å². The van der Waals surface area contributed by atoms with E-state index < -0.39 is 0 Å². The van der Waals surface area contributed by atoms with Crippen molar-refractivity contribution in [2.24, 2.45) is 11.3 Å². The van der Waals surface area contributed by atoms with Gasteiger partial charge in [-0.05, 0) is 38.8 Å². The molecule has 0 aliphatic carbocycles. The minimum atomic E-state index is -0.166. The lowest BCUT2D eigenvalue weighted by atomic mass is 9.87. The van der Waals surface area contributed by atoms with Gasteiger partial charge in [0.15, 0.2) is 0 Å². The normalized spacial score (nSPS) is 21.1. The van der Waals surface area contributed by atoms with Crippen LogP contribution in [0.3, 0.4) is 0 Å². The van der Waals surface area contributed by atoms with E-state index in [2.05, 4.69) is 11.8 Å². The van der Waals surface area contributed by atoms with Gasteiger partial charge in [0.05, 0.1) is 0 Å². The molecule has 0 aromatic heterocycles. The second kappa shape index (κ2) is 4.43. The van der Waals surface area contributed by atoms with Crippen molar-refractivity contribution < 1.29 is 4.79 Å². The van der Waals surface area contributed by atoms with Gasteiger partial charge in [-0.25, -0.2) is 0 Å². The van der Waals surface area contributed by atoms with Crippen molar-refractivity contribution in [3.63, 3.8) is 0 Å². The number of likely N-dealkylation sites (tertiary alicyclic amines) is 1. The maximum Gasteiger partial charge on any atom is 0.136 e. The maximum absolute atomic E-state index is 11.4. The molecule has 1 heterocycles. The van der Waals surface area contributed by atoms with Gasteiger partial charge >= 0.3 is 0 Å². The van der Waals surface area contributed by atoms with E-state index >= 15 is 0 Å². The van der Waals surface area contributed by atoms with Crippen LogP contribution in [0.2, 0.25) is 0 Å². The van der Waals surface area contributed by atoms with Crippen molar-refractivity contribution in [1.29, 1.82) is 0 Å². The lowest BCUT2D eigenvalue weighted by molar-refractivity contribution is -0.126. The Kier molecular flexibility index (Phi) is 3.71. The lowest BCUT2D eigenvalue weighted by Crippen LogP contribution is -2.42. The van der Waals surface area contributed by atoms with E-state index in [0.29, 0.717) is 5.78 Å². The van der Waals surface area contributed by atoms with Gasteiger partial charge in [0, 0.05) is 12.0 Å². The minimum Gasteiger partial charge on any atom is -0.302 e. The Morgan fingerprint density at radius 2 is 1.86 bits per heavy atom. The Bertz CT molecular complexity index is 202. The molecular weight excluding hydrogens is 174 g/mol. The molecule has 0 aromatic rings. The number of nitrogens with zero attached hydrogens (tertiary/aromatic N) is 1. The highest BCUT2D eigenvalue weighted by Gasteiger charge is 2.28. The summed E-state index contributed by atoms with van der Waals surface area (Å²) in [5.74, 6) is 1.17. The summed E-state index contributed by atoms with van der Waals surface area (Å²) in [6.45, 7) is 11.4. The van der Waals surface area contributed by atoms with E-state index in [-0.39, 0.29) is 5.41 Å². The number of rotatable bonds is 3. The zero-order valence-corrected chi connectivity index (χ0v) is 9.97. The van der Waals surface area contributed by atoms with Crippen molar-refractivity contribution in [2.75, 3.05) is 19.6 Å². The van der Waals surface area contributed by atoms with Crippen molar-refractivity contribution in [1.82, 2.24) is 4.90 Å². The zero-order chi connectivity index (χ0) is 10.8. The minimum absolute atomic E-state index is 0.166. The number of carbonyl (C=O) groups excluding carboxylic acids is 1. The van der Waals surface area contributed by atoms with E-state index in [4.69, 9.17) is 0 Å². The number of ketones is 1. The van der Waals surface area contributed by atoms with E-state index in [9.17, 15) is 4.79 Å². The fourth-order valence-electron chi connectivity index (χ4n) is 1.89. The van der Waals surface area contributed by atoms with Gasteiger partial charge in [-0.2, -0.15) is 0 Å². The SMILES string of the molecule is CC(=O)C(C)(C)CN1CCC(C)CC1. The maximum atomic E-state index is 11.4. The van der Waals surface area contributed by atoms with Crippen LogP contribution in [0.1, 0.15) is 40.5 Å². The highest BCUT2D eigenvalue weighted by molar-refractivity contribution is 5.81. The molecule has 0 unspecified atom stereocenters.